The van der Waals surface area contributed by atoms with Crippen molar-refractivity contribution >= 4 is 5.82 Å². The largest absolute Gasteiger partial charge is 0.379 e. The lowest BCUT2D eigenvalue weighted by atomic mass is 10.0. The minimum absolute atomic E-state index is 0.114. The van der Waals surface area contributed by atoms with Crippen molar-refractivity contribution in [1.82, 2.24) is 15.2 Å². The van der Waals surface area contributed by atoms with E-state index in [9.17, 15) is 9.59 Å². The molecule has 0 radical (unpaired) electrons. The first kappa shape index (κ1) is 9.91. The highest BCUT2D eigenvalue weighted by Crippen LogP contribution is 2.20. The van der Waals surface area contributed by atoms with E-state index < -0.39 is 11.2 Å². The highest BCUT2D eigenvalue weighted by atomic mass is 16.5. The molecule has 0 aliphatic carbocycles. The third kappa shape index (κ3) is 2.07. The molecule has 2 heterocycles. The highest BCUT2D eigenvalue weighted by molar-refractivity contribution is 5.33. The molecule has 1 aliphatic rings. The number of hydrogen-bond donors (Lipinski definition) is 3. The van der Waals surface area contributed by atoms with Crippen LogP contribution in [-0.4, -0.2) is 33.9 Å². The molecule has 1 aromatic heterocycles. The molecule has 1 unspecified atom stereocenters. The van der Waals surface area contributed by atoms with E-state index in [-0.39, 0.29) is 11.4 Å². The van der Waals surface area contributed by atoms with Gasteiger partial charge in [0.05, 0.1) is 12.1 Å². The number of H-pyrrole nitrogens is 2. The summed E-state index contributed by atoms with van der Waals surface area (Å²) in [6.07, 6.45) is 0.799. The number of nitrogens with one attached hydrogen (secondary N) is 3. The van der Waals surface area contributed by atoms with Gasteiger partial charge in [-0.15, -0.1) is 5.10 Å². The Labute approximate surface area is 84.9 Å². The average molecular weight is 212 g/mol. The third-order valence-electron chi connectivity index (χ3n) is 2.35. The Morgan fingerprint density at radius 2 is 2.33 bits per heavy atom. The Morgan fingerprint density at radius 3 is 2.93 bits per heavy atom. The van der Waals surface area contributed by atoms with E-state index in [0.29, 0.717) is 13.2 Å². The molecule has 82 valence electrons. The molecule has 0 spiro atoms. The maximum atomic E-state index is 11.3. The maximum Gasteiger partial charge on any atom is 0.342 e. The molecule has 0 bridgehead atoms. The topological polar surface area (TPSA) is 99.9 Å². The van der Waals surface area contributed by atoms with Crippen molar-refractivity contribution in [3.8, 4) is 0 Å². The van der Waals surface area contributed by atoms with Gasteiger partial charge in [-0.1, -0.05) is 0 Å². The first-order valence-electron chi connectivity index (χ1n) is 4.64. The van der Waals surface area contributed by atoms with Crippen LogP contribution in [0.25, 0.3) is 0 Å². The summed E-state index contributed by atoms with van der Waals surface area (Å²) >= 11 is 0. The fraction of sp³-hybridized carbons (Fsp3) is 0.625. The van der Waals surface area contributed by atoms with Crippen molar-refractivity contribution < 1.29 is 4.74 Å². The molecule has 7 nitrogen and oxygen atoms in total. The zero-order valence-corrected chi connectivity index (χ0v) is 8.29. The second kappa shape index (κ2) is 3.50. The fourth-order valence-corrected chi connectivity index (χ4v) is 1.48. The summed E-state index contributed by atoms with van der Waals surface area (Å²) in [4.78, 5) is 24.2. The SMILES string of the molecule is CC1(Nc2n[nH]c(=O)[nH]c2=O)CCOC1. The maximum absolute atomic E-state index is 11.3. The van der Waals surface area contributed by atoms with Crippen molar-refractivity contribution in [2.24, 2.45) is 0 Å². The second-order valence-electron chi connectivity index (χ2n) is 3.84. The van der Waals surface area contributed by atoms with E-state index in [2.05, 4.69) is 20.5 Å². The molecular formula is C8H12N4O3. The lowest BCUT2D eigenvalue weighted by Crippen LogP contribution is -2.39. The van der Waals surface area contributed by atoms with Gasteiger partial charge in [-0.2, -0.15) is 0 Å². The van der Waals surface area contributed by atoms with E-state index in [4.69, 9.17) is 4.74 Å². The van der Waals surface area contributed by atoms with Crippen molar-refractivity contribution in [2.45, 2.75) is 18.9 Å². The molecule has 15 heavy (non-hydrogen) atoms. The molecule has 1 aromatic rings. The first-order chi connectivity index (χ1) is 7.09. The van der Waals surface area contributed by atoms with Crippen LogP contribution < -0.4 is 16.6 Å². The minimum atomic E-state index is -0.613. The molecule has 1 aliphatic heterocycles. The van der Waals surface area contributed by atoms with Gasteiger partial charge in [0, 0.05) is 6.61 Å². The number of rotatable bonds is 2. The van der Waals surface area contributed by atoms with Crippen LogP contribution >= 0.6 is 0 Å². The Hall–Kier alpha value is -1.63. The average Bonchev–Trinajstić information content (AvgIpc) is 2.58. The van der Waals surface area contributed by atoms with Gasteiger partial charge in [0.15, 0.2) is 0 Å². The van der Waals surface area contributed by atoms with E-state index in [1.54, 1.807) is 0 Å². The van der Waals surface area contributed by atoms with Crippen LogP contribution in [0.4, 0.5) is 5.82 Å². The quantitative estimate of drug-likeness (QED) is 0.586. The number of aromatic nitrogens is 3. The molecule has 0 saturated carbocycles. The summed E-state index contributed by atoms with van der Waals surface area (Å²) < 4.78 is 5.22. The smallest absolute Gasteiger partial charge is 0.342 e. The predicted molar refractivity (Wildman–Crippen MR) is 52.9 cm³/mol. The van der Waals surface area contributed by atoms with Crippen LogP contribution in [0.3, 0.4) is 0 Å². The summed E-state index contributed by atoms with van der Waals surface area (Å²) in [5, 5.41) is 8.77. The van der Waals surface area contributed by atoms with Crippen LogP contribution in [0.2, 0.25) is 0 Å². The van der Waals surface area contributed by atoms with Gasteiger partial charge in [0.25, 0.3) is 5.56 Å². The summed E-state index contributed by atoms with van der Waals surface area (Å²) in [6.45, 7) is 3.12. The van der Waals surface area contributed by atoms with Crippen molar-refractivity contribution in [1.29, 1.82) is 0 Å². The molecule has 0 aromatic carbocycles. The zero-order valence-electron chi connectivity index (χ0n) is 8.29. The molecule has 1 fully saturated rings. The lowest BCUT2D eigenvalue weighted by Gasteiger charge is -2.22. The second-order valence-corrected chi connectivity index (χ2v) is 3.84. The summed E-state index contributed by atoms with van der Waals surface area (Å²) in [5.74, 6) is 0.114. The molecule has 1 saturated heterocycles. The standard InChI is InChI=1S/C8H12N4O3/c1-8(2-3-15-4-8)10-5-6(13)9-7(14)12-11-5/h2-4H2,1H3,(H,10,11)(H2,9,12,13,14). The van der Waals surface area contributed by atoms with Crippen LogP contribution in [0.1, 0.15) is 13.3 Å². The van der Waals surface area contributed by atoms with Gasteiger partial charge in [-0.05, 0) is 13.3 Å². The zero-order chi connectivity index (χ0) is 10.9. The number of hydrogen-bond acceptors (Lipinski definition) is 5. The van der Waals surface area contributed by atoms with E-state index >= 15 is 0 Å². The Morgan fingerprint density at radius 1 is 1.53 bits per heavy atom. The van der Waals surface area contributed by atoms with Crippen LogP contribution in [0.15, 0.2) is 9.59 Å². The Balaban J connectivity index is 2.24. The number of ether oxygens (including phenoxy) is 1. The third-order valence-corrected chi connectivity index (χ3v) is 2.35. The van der Waals surface area contributed by atoms with Crippen LogP contribution in [0.5, 0.6) is 0 Å². The first-order valence-corrected chi connectivity index (χ1v) is 4.64. The molecule has 1 atom stereocenters. The highest BCUT2D eigenvalue weighted by Gasteiger charge is 2.30. The van der Waals surface area contributed by atoms with Crippen molar-refractivity contribution in [2.75, 3.05) is 18.5 Å². The van der Waals surface area contributed by atoms with Crippen LogP contribution in [-0.2, 0) is 4.74 Å². The number of aromatic amines is 2. The molecule has 3 N–H and O–H groups in total. The predicted octanol–water partition coefficient (Wildman–Crippen LogP) is -0.951. The van der Waals surface area contributed by atoms with Gasteiger partial charge in [0.2, 0.25) is 5.82 Å². The van der Waals surface area contributed by atoms with Gasteiger partial charge in [-0.3, -0.25) is 9.78 Å². The fourth-order valence-electron chi connectivity index (χ4n) is 1.48. The summed E-state index contributed by atoms with van der Waals surface area (Å²) in [7, 11) is 0. The molecular weight excluding hydrogens is 200 g/mol. The number of nitrogens with zero attached hydrogens (tertiary/aromatic N) is 1. The minimum Gasteiger partial charge on any atom is -0.379 e. The van der Waals surface area contributed by atoms with Crippen molar-refractivity contribution in [3.05, 3.63) is 20.8 Å². The van der Waals surface area contributed by atoms with Gasteiger partial charge in [-0.25, -0.2) is 9.89 Å². The van der Waals surface area contributed by atoms with Crippen molar-refractivity contribution in [3.63, 3.8) is 0 Å². The summed E-state index contributed by atoms with van der Waals surface area (Å²) in [6, 6.07) is 0. The lowest BCUT2D eigenvalue weighted by molar-refractivity contribution is 0.185. The van der Waals surface area contributed by atoms with Crippen LogP contribution in [0, 0.1) is 0 Å². The van der Waals surface area contributed by atoms with Gasteiger partial charge >= 0.3 is 5.69 Å². The number of anilines is 1. The normalized spacial score (nSPS) is 25.4. The molecule has 0 amide bonds. The van der Waals surface area contributed by atoms with E-state index in [0.717, 1.165) is 6.42 Å². The Kier molecular flexibility index (Phi) is 2.31. The van der Waals surface area contributed by atoms with E-state index in [1.165, 1.54) is 0 Å². The van der Waals surface area contributed by atoms with E-state index in [1.807, 2.05) is 6.92 Å². The van der Waals surface area contributed by atoms with Gasteiger partial charge in [0.1, 0.15) is 0 Å². The molecule has 7 heteroatoms. The monoisotopic (exact) mass is 212 g/mol. The Bertz CT molecular complexity index is 457. The van der Waals surface area contributed by atoms with Gasteiger partial charge < -0.3 is 10.1 Å². The molecule has 2 rings (SSSR count). The summed E-state index contributed by atoms with van der Waals surface area (Å²) in [5.41, 5.74) is -1.43.